The summed E-state index contributed by atoms with van der Waals surface area (Å²) >= 11 is 0. The number of para-hydroxylation sites is 1. The standard InChI is InChI=1S/C25H25N5O3/c1-32-22-6-3-2-5-18(22)20-9-11-27-25(29-20)28-17-7-8-19-21(16-24(31)33-23(19)15-17)30-13-4-10-26-12-14-30/h2-3,5-9,11,15-16,26H,4,10,12-14H2,1H3,(H,27,28,29). The first-order valence-electron chi connectivity index (χ1n) is 11.0. The van der Waals surface area contributed by atoms with Crippen molar-refractivity contribution in [2.24, 2.45) is 0 Å². The van der Waals surface area contributed by atoms with Gasteiger partial charge in [-0.15, -0.1) is 0 Å². The second-order valence-corrected chi connectivity index (χ2v) is 7.84. The van der Waals surface area contributed by atoms with Crippen LogP contribution in [0.3, 0.4) is 0 Å². The lowest BCUT2D eigenvalue weighted by Crippen LogP contribution is -2.28. The molecule has 0 saturated carbocycles. The molecule has 168 valence electrons. The van der Waals surface area contributed by atoms with Gasteiger partial charge in [0.1, 0.15) is 11.3 Å². The van der Waals surface area contributed by atoms with Gasteiger partial charge in [-0.1, -0.05) is 12.1 Å². The van der Waals surface area contributed by atoms with Gasteiger partial charge in [0.05, 0.1) is 18.5 Å². The molecule has 2 N–H and O–H groups in total. The van der Waals surface area contributed by atoms with E-state index in [4.69, 9.17) is 9.15 Å². The number of benzene rings is 2. The van der Waals surface area contributed by atoms with Gasteiger partial charge in [0, 0.05) is 54.6 Å². The van der Waals surface area contributed by atoms with E-state index in [9.17, 15) is 4.79 Å². The van der Waals surface area contributed by atoms with Gasteiger partial charge >= 0.3 is 5.63 Å². The Morgan fingerprint density at radius 2 is 2.00 bits per heavy atom. The summed E-state index contributed by atoms with van der Waals surface area (Å²) in [6.45, 7) is 3.62. The fraction of sp³-hybridized carbons (Fsp3) is 0.240. The maximum Gasteiger partial charge on any atom is 0.338 e. The van der Waals surface area contributed by atoms with Crippen LogP contribution in [0.25, 0.3) is 22.2 Å². The fourth-order valence-corrected chi connectivity index (χ4v) is 4.13. The number of methoxy groups -OCH3 is 1. The Bertz CT molecular complexity index is 1330. The summed E-state index contributed by atoms with van der Waals surface area (Å²) in [5.74, 6) is 1.18. The van der Waals surface area contributed by atoms with Crippen LogP contribution in [0.15, 0.2) is 70.0 Å². The van der Waals surface area contributed by atoms with Crippen LogP contribution in [0.5, 0.6) is 5.75 Å². The van der Waals surface area contributed by atoms with Crippen LogP contribution in [0.1, 0.15) is 6.42 Å². The summed E-state index contributed by atoms with van der Waals surface area (Å²) in [6.07, 6.45) is 2.73. The summed E-state index contributed by atoms with van der Waals surface area (Å²) < 4.78 is 11.0. The molecule has 1 saturated heterocycles. The van der Waals surface area contributed by atoms with Gasteiger partial charge in [-0.3, -0.25) is 0 Å². The molecule has 0 bridgehead atoms. The van der Waals surface area contributed by atoms with Gasteiger partial charge in [-0.25, -0.2) is 14.8 Å². The molecular weight excluding hydrogens is 418 g/mol. The normalized spacial score (nSPS) is 14.2. The van der Waals surface area contributed by atoms with Gasteiger partial charge in [0.2, 0.25) is 5.95 Å². The second-order valence-electron chi connectivity index (χ2n) is 7.84. The first-order valence-corrected chi connectivity index (χ1v) is 11.0. The first-order chi connectivity index (χ1) is 16.2. The summed E-state index contributed by atoms with van der Waals surface area (Å²) in [4.78, 5) is 23.5. The molecule has 1 aliphatic heterocycles. The molecule has 0 amide bonds. The molecule has 3 heterocycles. The van der Waals surface area contributed by atoms with E-state index in [1.54, 1.807) is 19.4 Å². The van der Waals surface area contributed by atoms with Crippen LogP contribution in [0.2, 0.25) is 0 Å². The van der Waals surface area contributed by atoms with Crippen molar-refractivity contribution in [1.29, 1.82) is 0 Å². The van der Waals surface area contributed by atoms with Crippen LogP contribution < -0.4 is 25.9 Å². The van der Waals surface area contributed by atoms with Crippen molar-refractivity contribution < 1.29 is 9.15 Å². The van der Waals surface area contributed by atoms with Crippen molar-refractivity contribution in [2.45, 2.75) is 6.42 Å². The molecule has 1 aliphatic rings. The topological polar surface area (TPSA) is 92.5 Å². The highest BCUT2D eigenvalue weighted by molar-refractivity contribution is 5.92. The van der Waals surface area contributed by atoms with Crippen molar-refractivity contribution in [3.63, 3.8) is 0 Å². The van der Waals surface area contributed by atoms with Gasteiger partial charge in [-0.2, -0.15) is 0 Å². The maximum absolute atomic E-state index is 12.3. The largest absolute Gasteiger partial charge is 0.496 e. The molecule has 1 fully saturated rings. The number of hydrogen-bond acceptors (Lipinski definition) is 8. The molecule has 0 unspecified atom stereocenters. The quantitative estimate of drug-likeness (QED) is 0.450. The molecule has 0 aliphatic carbocycles. The van der Waals surface area contributed by atoms with Crippen molar-refractivity contribution in [3.8, 4) is 17.0 Å². The van der Waals surface area contributed by atoms with Gasteiger partial charge in [0.15, 0.2) is 0 Å². The number of rotatable bonds is 5. The minimum absolute atomic E-state index is 0.360. The molecule has 2 aromatic carbocycles. The summed E-state index contributed by atoms with van der Waals surface area (Å²) in [6, 6.07) is 16.9. The Kier molecular flexibility index (Phi) is 5.91. The molecule has 8 nitrogen and oxygen atoms in total. The van der Waals surface area contributed by atoms with Crippen LogP contribution in [-0.4, -0.2) is 43.3 Å². The predicted molar refractivity (Wildman–Crippen MR) is 129 cm³/mol. The van der Waals surface area contributed by atoms with Gasteiger partial charge < -0.3 is 24.7 Å². The number of fused-ring (bicyclic) bond motifs is 1. The molecule has 0 spiro atoms. The van der Waals surface area contributed by atoms with Crippen molar-refractivity contribution in [2.75, 3.05) is 43.5 Å². The highest BCUT2D eigenvalue weighted by atomic mass is 16.5. The second kappa shape index (κ2) is 9.30. The lowest BCUT2D eigenvalue weighted by atomic mass is 10.1. The molecule has 0 atom stereocenters. The average Bonchev–Trinajstić information content (AvgIpc) is 3.13. The van der Waals surface area contributed by atoms with E-state index in [1.165, 1.54) is 0 Å². The minimum atomic E-state index is -0.360. The molecule has 5 rings (SSSR count). The highest BCUT2D eigenvalue weighted by Crippen LogP contribution is 2.30. The maximum atomic E-state index is 12.3. The zero-order valence-electron chi connectivity index (χ0n) is 18.4. The summed E-state index contributed by atoms with van der Waals surface area (Å²) in [7, 11) is 1.64. The van der Waals surface area contributed by atoms with Crippen molar-refractivity contribution >= 4 is 28.3 Å². The minimum Gasteiger partial charge on any atom is -0.496 e. The number of aromatic nitrogens is 2. The molecule has 8 heteroatoms. The third kappa shape index (κ3) is 4.51. The number of anilines is 3. The Labute approximate surface area is 191 Å². The molecule has 33 heavy (non-hydrogen) atoms. The van der Waals surface area contributed by atoms with Crippen molar-refractivity contribution in [3.05, 3.63) is 71.2 Å². The van der Waals surface area contributed by atoms with E-state index in [2.05, 4.69) is 25.5 Å². The predicted octanol–water partition coefficient (Wildman–Crippen LogP) is 3.80. The molecular formula is C25H25N5O3. The Hall–Kier alpha value is -3.91. The van der Waals surface area contributed by atoms with E-state index in [-0.39, 0.29) is 5.63 Å². The van der Waals surface area contributed by atoms with E-state index in [1.807, 2.05) is 48.5 Å². The monoisotopic (exact) mass is 443 g/mol. The summed E-state index contributed by atoms with van der Waals surface area (Å²) in [5.41, 5.74) is 3.44. The van der Waals surface area contributed by atoms with Crippen molar-refractivity contribution in [1.82, 2.24) is 15.3 Å². The lowest BCUT2D eigenvalue weighted by molar-refractivity contribution is 0.416. The Morgan fingerprint density at radius 1 is 1.09 bits per heavy atom. The van der Waals surface area contributed by atoms with Crippen LogP contribution >= 0.6 is 0 Å². The molecule has 2 aromatic heterocycles. The third-order valence-corrected chi connectivity index (χ3v) is 5.70. The van der Waals surface area contributed by atoms with Crippen LogP contribution in [-0.2, 0) is 0 Å². The number of hydrogen-bond donors (Lipinski definition) is 2. The SMILES string of the molecule is COc1ccccc1-c1ccnc(Nc2ccc3c(N4CCCNCC4)cc(=O)oc3c2)n1. The smallest absolute Gasteiger partial charge is 0.338 e. The molecule has 0 radical (unpaired) electrons. The highest BCUT2D eigenvalue weighted by Gasteiger charge is 2.15. The third-order valence-electron chi connectivity index (χ3n) is 5.70. The van der Waals surface area contributed by atoms with Crippen LogP contribution in [0, 0.1) is 0 Å². The number of ether oxygens (including phenoxy) is 1. The van der Waals surface area contributed by atoms with Gasteiger partial charge in [0.25, 0.3) is 0 Å². The Balaban J connectivity index is 1.46. The molecule has 4 aromatic rings. The van der Waals surface area contributed by atoms with Crippen LogP contribution in [0.4, 0.5) is 17.3 Å². The van der Waals surface area contributed by atoms with Gasteiger partial charge in [-0.05, 0) is 43.3 Å². The number of nitrogens with zero attached hydrogens (tertiary/aromatic N) is 3. The zero-order valence-corrected chi connectivity index (χ0v) is 18.4. The van der Waals surface area contributed by atoms with E-state index < -0.39 is 0 Å². The summed E-state index contributed by atoms with van der Waals surface area (Å²) in [5, 5.41) is 7.53. The average molecular weight is 444 g/mol. The van der Waals surface area contributed by atoms with E-state index >= 15 is 0 Å². The Morgan fingerprint density at radius 3 is 2.91 bits per heavy atom. The number of nitrogens with one attached hydrogen (secondary N) is 2. The zero-order chi connectivity index (χ0) is 22.6. The van der Waals surface area contributed by atoms with E-state index in [0.29, 0.717) is 11.5 Å². The van der Waals surface area contributed by atoms with E-state index in [0.717, 1.165) is 66.4 Å². The fourth-order valence-electron chi connectivity index (χ4n) is 4.13. The first kappa shape index (κ1) is 21.0. The lowest BCUT2D eigenvalue weighted by Gasteiger charge is -2.23.